The summed E-state index contributed by atoms with van der Waals surface area (Å²) in [6, 6.07) is 4.64. The summed E-state index contributed by atoms with van der Waals surface area (Å²) < 4.78 is 5.15. The number of hydrogen-bond acceptors (Lipinski definition) is 6. The van der Waals surface area contributed by atoms with Crippen molar-refractivity contribution in [2.24, 2.45) is 0 Å². The van der Waals surface area contributed by atoms with Crippen molar-refractivity contribution in [2.75, 3.05) is 32.7 Å². The van der Waals surface area contributed by atoms with Crippen LogP contribution in [-0.4, -0.2) is 71.2 Å². The van der Waals surface area contributed by atoms with Crippen LogP contribution in [0, 0.1) is 0 Å². The highest BCUT2D eigenvalue weighted by molar-refractivity contribution is 7.10. The van der Waals surface area contributed by atoms with Gasteiger partial charge in [-0.1, -0.05) is 0 Å². The fourth-order valence-corrected chi connectivity index (χ4v) is 5.64. The molecule has 162 valence electrons. The maximum Gasteiger partial charge on any atom is 0.325 e. The molecule has 3 aliphatic rings. The van der Waals surface area contributed by atoms with E-state index in [4.69, 9.17) is 4.42 Å². The van der Waals surface area contributed by atoms with E-state index in [1.165, 1.54) is 6.26 Å². The number of rotatable bonds is 3. The minimum atomic E-state index is -1.04. The molecule has 4 heterocycles. The minimum Gasteiger partial charge on any atom is -0.459 e. The topological polar surface area (TPSA) is 103 Å². The molecule has 1 N–H and O–H groups in total. The van der Waals surface area contributed by atoms with Crippen LogP contribution in [0.1, 0.15) is 33.8 Å². The second-order valence-corrected chi connectivity index (χ2v) is 8.99. The number of carbonyl (C=O) groups is 4. The molecule has 2 aromatic heterocycles. The fourth-order valence-electron chi connectivity index (χ4n) is 4.64. The molecule has 1 aliphatic carbocycles. The third-order valence-corrected chi connectivity index (χ3v) is 7.26. The molecule has 1 atom stereocenters. The van der Waals surface area contributed by atoms with Gasteiger partial charge in [-0.3, -0.25) is 19.3 Å². The molecule has 2 saturated heterocycles. The van der Waals surface area contributed by atoms with Crippen LogP contribution in [0.5, 0.6) is 0 Å². The van der Waals surface area contributed by atoms with E-state index in [1.54, 1.807) is 33.3 Å². The molecule has 0 unspecified atom stereocenters. The van der Waals surface area contributed by atoms with Crippen LogP contribution >= 0.6 is 11.3 Å². The first-order chi connectivity index (χ1) is 15.0. The number of fused-ring (bicyclic) bond motifs is 2. The zero-order valence-corrected chi connectivity index (χ0v) is 17.7. The number of aryl methyl sites for hydroxylation is 1. The van der Waals surface area contributed by atoms with Crippen LogP contribution in [0.4, 0.5) is 4.79 Å². The van der Waals surface area contributed by atoms with Crippen LogP contribution in [-0.2, 0) is 21.5 Å². The molecule has 31 heavy (non-hydrogen) atoms. The number of piperazine rings is 1. The van der Waals surface area contributed by atoms with Crippen molar-refractivity contribution in [3.63, 3.8) is 0 Å². The fraction of sp³-hybridized carbons (Fsp3) is 0.429. The Morgan fingerprint density at radius 3 is 2.65 bits per heavy atom. The van der Waals surface area contributed by atoms with Crippen molar-refractivity contribution in [2.45, 2.75) is 24.8 Å². The van der Waals surface area contributed by atoms with Crippen molar-refractivity contribution in [1.82, 2.24) is 20.0 Å². The van der Waals surface area contributed by atoms with Crippen molar-refractivity contribution in [3.8, 4) is 0 Å². The molecule has 0 saturated carbocycles. The molecule has 2 fully saturated rings. The Balaban J connectivity index is 1.23. The van der Waals surface area contributed by atoms with Crippen LogP contribution < -0.4 is 5.32 Å². The summed E-state index contributed by atoms with van der Waals surface area (Å²) >= 11 is 1.59. The number of imide groups is 1. The molecule has 10 heteroatoms. The smallest absolute Gasteiger partial charge is 0.325 e. The average Bonchev–Trinajstić information content (AvgIpc) is 3.52. The van der Waals surface area contributed by atoms with Gasteiger partial charge in [-0.05, 0) is 42.8 Å². The summed E-state index contributed by atoms with van der Waals surface area (Å²) in [7, 11) is 0. The quantitative estimate of drug-likeness (QED) is 0.724. The van der Waals surface area contributed by atoms with E-state index in [0.29, 0.717) is 32.6 Å². The largest absolute Gasteiger partial charge is 0.459 e. The molecular formula is C21H22N4O5S. The third-order valence-electron chi connectivity index (χ3n) is 6.28. The Morgan fingerprint density at radius 2 is 1.90 bits per heavy atom. The maximum absolute atomic E-state index is 13.3. The highest BCUT2D eigenvalue weighted by Crippen LogP contribution is 2.42. The summed E-state index contributed by atoms with van der Waals surface area (Å²) in [4.78, 5) is 56.5. The van der Waals surface area contributed by atoms with Crippen LogP contribution in [0.25, 0.3) is 0 Å². The van der Waals surface area contributed by atoms with Gasteiger partial charge >= 0.3 is 6.03 Å². The summed E-state index contributed by atoms with van der Waals surface area (Å²) in [6.07, 6.45) is 3.70. The minimum absolute atomic E-state index is 0.211. The zero-order chi connectivity index (χ0) is 21.6. The van der Waals surface area contributed by atoms with Gasteiger partial charge in [-0.25, -0.2) is 4.79 Å². The number of hydrogen-bond donors (Lipinski definition) is 1. The Labute approximate surface area is 182 Å². The summed E-state index contributed by atoms with van der Waals surface area (Å²) in [5, 5.41) is 4.81. The van der Waals surface area contributed by atoms with Gasteiger partial charge in [0, 0.05) is 36.6 Å². The number of nitrogens with one attached hydrogen (secondary N) is 1. The van der Waals surface area contributed by atoms with E-state index < -0.39 is 11.6 Å². The molecule has 0 radical (unpaired) electrons. The van der Waals surface area contributed by atoms with Crippen LogP contribution in [0.2, 0.25) is 0 Å². The van der Waals surface area contributed by atoms with E-state index in [1.807, 2.05) is 11.4 Å². The second kappa shape index (κ2) is 7.52. The van der Waals surface area contributed by atoms with Gasteiger partial charge in [0.2, 0.25) is 5.91 Å². The predicted octanol–water partition coefficient (Wildman–Crippen LogP) is 1.41. The average molecular weight is 442 g/mol. The lowest BCUT2D eigenvalue weighted by Gasteiger charge is -2.35. The lowest BCUT2D eigenvalue weighted by Crippen LogP contribution is -2.53. The van der Waals surface area contributed by atoms with E-state index in [-0.39, 0.29) is 30.0 Å². The number of urea groups is 1. The Morgan fingerprint density at radius 1 is 1.13 bits per heavy atom. The van der Waals surface area contributed by atoms with Gasteiger partial charge in [0.15, 0.2) is 5.76 Å². The maximum atomic E-state index is 13.3. The Kier molecular flexibility index (Phi) is 4.81. The molecule has 5 rings (SSSR count). The molecule has 1 spiro atoms. The van der Waals surface area contributed by atoms with Crippen molar-refractivity contribution < 1.29 is 23.6 Å². The predicted molar refractivity (Wildman–Crippen MR) is 110 cm³/mol. The molecule has 0 bridgehead atoms. The van der Waals surface area contributed by atoms with Gasteiger partial charge in [0.1, 0.15) is 12.1 Å². The number of nitrogens with zero attached hydrogens (tertiary/aromatic N) is 3. The van der Waals surface area contributed by atoms with Gasteiger partial charge in [-0.2, -0.15) is 0 Å². The van der Waals surface area contributed by atoms with Gasteiger partial charge in [0.05, 0.1) is 6.26 Å². The number of carbonyl (C=O) groups excluding carboxylic acids is 4. The first-order valence-corrected chi connectivity index (χ1v) is 11.2. The first-order valence-electron chi connectivity index (χ1n) is 10.3. The van der Waals surface area contributed by atoms with Crippen molar-refractivity contribution in [1.29, 1.82) is 0 Å². The lowest BCUT2D eigenvalue weighted by atomic mass is 9.80. The number of thiophene rings is 1. The highest BCUT2D eigenvalue weighted by Gasteiger charge is 2.54. The summed E-state index contributed by atoms with van der Waals surface area (Å²) in [5.74, 6) is -0.592. The molecule has 0 aromatic carbocycles. The summed E-state index contributed by atoms with van der Waals surface area (Å²) in [6.45, 7) is 1.13. The monoisotopic (exact) mass is 442 g/mol. The molecule has 9 nitrogen and oxygen atoms in total. The molecule has 2 aliphatic heterocycles. The normalized spacial score (nSPS) is 23.3. The second-order valence-electron chi connectivity index (χ2n) is 7.99. The first kappa shape index (κ1) is 19.8. The number of amides is 5. The summed E-state index contributed by atoms with van der Waals surface area (Å²) in [5.41, 5.74) is -0.179. The van der Waals surface area contributed by atoms with Crippen molar-refractivity contribution in [3.05, 3.63) is 46.0 Å². The van der Waals surface area contributed by atoms with Gasteiger partial charge in [0.25, 0.3) is 11.8 Å². The number of furan rings is 1. The molecule has 2 aromatic rings. The highest BCUT2D eigenvalue weighted by atomic mass is 32.1. The molecular weight excluding hydrogens is 420 g/mol. The van der Waals surface area contributed by atoms with E-state index >= 15 is 0 Å². The van der Waals surface area contributed by atoms with E-state index in [9.17, 15) is 19.2 Å². The standard InChI is InChI=1S/C21H22N4O5S/c26-17(23-7-9-24(10-8-23)18(27)15-3-2-11-30-15)13-25-19(28)21(22-20(25)29)6-1-4-16-14(21)5-12-31-16/h2-3,5,11-12H,1,4,6-10,13H2,(H,22,29)/t21-/m0/s1. The van der Waals surface area contributed by atoms with Gasteiger partial charge < -0.3 is 19.5 Å². The van der Waals surface area contributed by atoms with Crippen molar-refractivity contribution >= 4 is 35.1 Å². The third kappa shape index (κ3) is 3.21. The van der Waals surface area contributed by atoms with Crippen LogP contribution in [0.15, 0.2) is 34.3 Å². The van der Waals surface area contributed by atoms with E-state index in [0.717, 1.165) is 28.2 Å². The Bertz CT molecular complexity index is 1040. The van der Waals surface area contributed by atoms with Gasteiger partial charge in [-0.15, -0.1) is 11.3 Å². The zero-order valence-electron chi connectivity index (χ0n) is 16.8. The molecule has 5 amide bonds. The lowest BCUT2D eigenvalue weighted by molar-refractivity contribution is -0.140. The van der Waals surface area contributed by atoms with E-state index in [2.05, 4.69) is 5.32 Å². The van der Waals surface area contributed by atoms with Crippen LogP contribution in [0.3, 0.4) is 0 Å². The Hall–Kier alpha value is -3.14. The SMILES string of the molecule is O=C(CN1C(=O)N[C@]2(CCCc3sccc32)C1=O)N1CCN(C(=O)c2ccco2)CC1.